The molecule has 5 nitrogen and oxygen atoms in total. The van der Waals surface area contributed by atoms with E-state index in [2.05, 4.69) is 28.0 Å². The average Bonchev–Trinajstić information content (AvgIpc) is 2.82. The Balaban J connectivity index is 1.92. The number of anilines is 1. The molecule has 1 aliphatic heterocycles. The average molecular weight is 255 g/mol. The summed E-state index contributed by atoms with van der Waals surface area (Å²) in [5, 5.41) is 14.5. The fourth-order valence-electron chi connectivity index (χ4n) is 2.66. The minimum absolute atomic E-state index is 0.169. The zero-order valence-electron chi connectivity index (χ0n) is 11.3. The lowest BCUT2D eigenvalue weighted by atomic mass is 9.82. The second-order valence-electron chi connectivity index (χ2n) is 5.50. The van der Waals surface area contributed by atoms with Crippen LogP contribution in [0, 0.1) is 16.7 Å². The molecule has 0 atom stereocenters. The number of aromatic nitrogens is 3. The number of nitriles is 1. The van der Waals surface area contributed by atoms with E-state index in [1.54, 1.807) is 4.68 Å². The Morgan fingerprint density at radius 1 is 1.37 bits per heavy atom. The normalized spacial score (nSPS) is 18.5. The number of aryl methyl sites for hydroxylation is 1. The summed E-state index contributed by atoms with van der Waals surface area (Å²) in [6, 6.07) is 4.48. The lowest BCUT2D eigenvalue weighted by molar-refractivity contribution is 0.337. The van der Waals surface area contributed by atoms with Gasteiger partial charge in [0.15, 0.2) is 5.65 Å². The molecule has 0 N–H and O–H groups in total. The minimum Gasteiger partial charge on any atom is -0.371 e. The lowest BCUT2D eigenvalue weighted by Gasteiger charge is -2.36. The number of nitrogens with zero attached hydrogens (tertiary/aromatic N) is 5. The van der Waals surface area contributed by atoms with E-state index in [4.69, 9.17) is 0 Å². The van der Waals surface area contributed by atoms with E-state index in [0.29, 0.717) is 0 Å². The second kappa shape index (κ2) is 4.23. The van der Waals surface area contributed by atoms with Crippen LogP contribution in [0.3, 0.4) is 0 Å². The summed E-state index contributed by atoms with van der Waals surface area (Å²) < 4.78 is 1.79. The van der Waals surface area contributed by atoms with E-state index < -0.39 is 0 Å². The van der Waals surface area contributed by atoms with Crippen LogP contribution in [0.4, 0.5) is 5.69 Å². The van der Waals surface area contributed by atoms with Gasteiger partial charge in [-0.2, -0.15) is 10.4 Å². The van der Waals surface area contributed by atoms with Crippen LogP contribution < -0.4 is 4.90 Å². The third-order valence-corrected chi connectivity index (χ3v) is 4.09. The fourth-order valence-corrected chi connectivity index (χ4v) is 2.66. The maximum Gasteiger partial charge on any atom is 0.159 e. The summed E-state index contributed by atoms with van der Waals surface area (Å²) in [5.74, 6) is 0. The van der Waals surface area contributed by atoms with Crippen molar-refractivity contribution in [2.45, 2.75) is 19.8 Å². The quantitative estimate of drug-likeness (QED) is 0.783. The van der Waals surface area contributed by atoms with Gasteiger partial charge in [0.1, 0.15) is 0 Å². The van der Waals surface area contributed by atoms with Gasteiger partial charge in [0.05, 0.1) is 28.8 Å². The molecule has 1 fully saturated rings. The van der Waals surface area contributed by atoms with Crippen molar-refractivity contribution in [3.8, 4) is 6.07 Å². The van der Waals surface area contributed by atoms with Crippen LogP contribution >= 0.6 is 0 Å². The topological polar surface area (TPSA) is 57.7 Å². The molecule has 2 aromatic heterocycles. The Morgan fingerprint density at radius 2 is 2.11 bits per heavy atom. The first-order valence-corrected chi connectivity index (χ1v) is 6.56. The highest BCUT2D eigenvalue weighted by atomic mass is 15.3. The maximum absolute atomic E-state index is 9.19. The summed E-state index contributed by atoms with van der Waals surface area (Å²) in [7, 11) is 1.90. The number of rotatable bonds is 1. The van der Waals surface area contributed by atoms with Crippen LogP contribution in [0.25, 0.3) is 11.0 Å². The molecule has 0 saturated carbocycles. The summed E-state index contributed by atoms with van der Waals surface area (Å²) in [6.07, 6.45) is 5.52. The summed E-state index contributed by atoms with van der Waals surface area (Å²) >= 11 is 0. The van der Waals surface area contributed by atoms with Gasteiger partial charge in [-0.3, -0.25) is 4.68 Å². The number of hydrogen-bond acceptors (Lipinski definition) is 4. The molecule has 0 unspecified atom stereocenters. The zero-order chi connectivity index (χ0) is 13.5. The molecule has 3 heterocycles. The zero-order valence-corrected chi connectivity index (χ0v) is 11.3. The van der Waals surface area contributed by atoms with Gasteiger partial charge in [-0.25, -0.2) is 4.98 Å². The largest absolute Gasteiger partial charge is 0.371 e. The van der Waals surface area contributed by atoms with Gasteiger partial charge in [0.2, 0.25) is 0 Å². The summed E-state index contributed by atoms with van der Waals surface area (Å²) in [6.45, 7) is 3.88. The van der Waals surface area contributed by atoms with E-state index in [9.17, 15) is 5.26 Å². The van der Waals surface area contributed by atoms with Crippen molar-refractivity contribution in [2.24, 2.45) is 12.5 Å². The molecular weight excluding hydrogens is 238 g/mol. The first-order valence-electron chi connectivity index (χ1n) is 6.56. The molecule has 3 rings (SSSR count). The molecule has 0 spiro atoms. The van der Waals surface area contributed by atoms with Crippen molar-refractivity contribution in [3.63, 3.8) is 0 Å². The predicted octanol–water partition coefficient (Wildman–Crippen LogP) is 2.10. The van der Waals surface area contributed by atoms with Crippen molar-refractivity contribution in [3.05, 3.63) is 18.5 Å². The van der Waals surface area contributed by atoms with E-state index in [0.717, 1.165) is 37.0 Å². The van der Waals surface area contributed by atoms with Gasteiger partial charge in [-0.05, 0) is 25.8 Å². The van der Waals surface area contributed by atoms with Crippen molar-refractivity contribution in [2.75, 3.05) is 18.0 Å². The highest BCUT2D eigenvalue weighted by Crippen LogP contribution is 2.34. The molecule has 0 bridgehead atoms. The smallest absolute Gasteiger partial charge is 0.159 e. The van der Waals surface area contributed by atoms with Crippen molar-refractivity contribution in [1.82, 2.24) is 14.8 Å². The van der Waals surface area contributed by atoms with Gasteiger partial charge >= 0.3 is 0 Å². The van der Waals surface area contributed by atoms with E-state index >= 15 is 0 Å². The van der Waals surface area contributed by atoms with Crippen LogP contribution in [0.15, 0.2) is 18.5 Å². The highest BCUT2D eigenvalue weighted by molar-refractivity contribution is 5.89. The molecule has 2 aromatic rings. The van der Waals surface area contributed by atoms with Gasteiger partial charge in [0, 0.05) is 26.3 Å². The molecule has 0 radical (unpaired) electrons. The van der Waals surface area contributed by atoms with Gasteiger partial charge < -0.3 is 4.90 Å². The van der Waals surface area contributed by atoms with Crippen LogP contribution in [-0.2, 0) is 7.05 Å². The van der Waals surface area contributed by atoms with Crippen LogP contribution in [0.2, 0.25) is 0 Å². The van der Waals surface area contributed by atoms with Gasteiger partial charge in [-0.1, -0.05) is 0 Å². The molecule has 0 aromatic carbocycles. The number of hydrogen-bond donors (Lipinski definition) is 0. The molecule has 19 heavy (non-hydrogen) atoms. The van der Waals surface area contributed by atoms with Crippen molar-refractivity contribution in [1.29, 1.82) is 5.26 Å². The number of pyridine rings is 1. The Labute approximate surface area is 112 Å². The van der Waals surface area contributed by atoms with E-state index in [-0.39, 0.29) is 5.41 Å². The van der Waals surface area contributed by atoms with Gasteiger partial charge in [-0.15, -0.1) is 0 Å². The Hall–Kier alpha value is -2.09. The third kappa shape index (κ3) is 1.93. The monoisotopic (exact) mass is 255 g/mol. The highest BCUT2D eigenvalue weighted by Gasteiger charge is 2.30. The minimum atomic E-state index is -0.169. The SMILES string of the molecule is Cn1ncc2c(N3CCC(C)(C#N)CC3)ccnc21. The van der Waals surface area contributed by atoms with E-state index in [1.165, 1.54) is 5.69 Å². The summed E-state index contributed by atoms with van der Waals surface area (Å²) in [5.41, 5.74) is 1.92. The predicted molar refractivity (Wildman–Crippen MR) is 73.7 cm³/mol. The van der Waals surface area contributed by atoms with Crippen LogP contribution in [0.5, 0.6) is 0 Å². The van der Waals surface area contributed by atoms with Crippen molar-refractivity contribution < 1.29 is 0 Å². The first kappa shape index (κ1) is 12.0. The summed E-state index contributed by atoms with van der Waals surface area (Å²) in [4.78, 5) is 6.70. The molecule has 1 aliphatic rings. The third-order valence-electron chi connectivity index (χ3n) is 4.09. The number of fused-ring (bicyclic) bond motifs is 1. The molecule has 98 valence electrons. The number of piperidine rings is 1. The molecule has 0 aliphatic carbocycles. The second-order valence-corrected chi connectivity index (χ2v) is 5.50. The van der Waals surface area contributed by atoms with E-state index in [1.807, 2.05) is 25.5 Å². The standard InChI is InChI=1S/C14H17N5/c1-14(10-15)4-7-19(8-5-14)12-3-6-16-13-11(12)9-17-18(13)2/h3,6,9H,4-5,7-8H2,1-2H3. The molecular formula is C14H17N5. The van der Waals surface area contributed by atoms with Gasteiger partial charge in [0.25, 0.3) is 0 Å². The Kier molecular flexibility index (Phi) is 2.67. The molecule has 0 amide bonds. The van der Waals surface area contributed by atoms with Crippen molar-refractivity contribution >= 4 is 16.7 Å². The molecule has 1 saturated heterocycles. The Morgan fingerprint density at radius 3 is 2.79 bits per heavy atom. The maximum atomic E-state index is 9.19. The fraction of sp³-hybridized carbons (Fsp3) is 0.500. The van der Waals surface area contributed by atoms with Crippen LogP contribution in [0.1, 0.15) is 19.8 Å². The lowest BCUT2D eigenvalue weighted by Crippen LogP contribution is -2.38. The van der Waals surface area contributed by atoms with Crippen LogP contribution in [-0.4, -0.2) is 27.9 Å². The Bertz CT molecular complexity index is 643. The first-order chi connectivity index (χ1) is 9.13. The molecule has 5 heteroatoms.